The molecular formula is C19H28ClNO4. The van der Waals surface area contributed by atoms with Gasteiger partial charge >= 0.3 is 0 Å². The van der Waals surface area contributed by atoms with Crippen LogP contribution < -0.4 is 9.47 Å². The number of hydrogen-bond acceptors (Lipinski definition) is 5. The van der Waals surface area contributed by atoms with Gasteiger partial charge in [0, 0.05) is 50.0 Å². The van der Waals surface area contributed by atoms with Crippen molar-refractivity contribution in [3.63, 3.8) is 0 Å². The lowest BCUT2D eigenvalue weighted by atomic mass is 9.79. The molecule has 1 aromatic carbocycles. The summed E-state index contributed by atoms with van der Waals surface area (Å²) in [5, 5.41) is 0.656. The monoisotopic (exact) mass is 369 g/mol. The van der Waals surface area contributed by atoms with Crippen LogP contribution in [0.15, 0.2) is 12.1 Å². The number of hydrogen-bond donors (Lipinski definition) is 0. The van der Waals surface area contributed by atoms with Crippen molar-refractivity contribution in [1.29, 1.82) is 0 Å². The summed E-state index contributed by atoms with van der Waals surface area (Å²) in [6.07, 6.45) is 4.43. The van der Waals surface area contributed by atoms with Crippen LogP contribution in [0.4, 0.5) is 0 Å². The molecule has 3 rings (SSSR count). The van der Waals surface area contributed by atoms with Crippen molar-refractivity contribution in [3.8, 4) is 11.5 Å². The Morgan fingerprint density at radius 1 is 1.16 bits per heavy atom. The van der Waals surface area contributed by atoms with Gasteiger partial charge < -0.3 is 18.9 Å². The minimum atomic E-state index is -0.0646. The molecular weight excluding hydrogens is 342 g/mol. The topological polar surface area (TPSA) is 40.2 Å². The van der Waals surface area contributed by atoms with Crippen molar-refractivity contribution in [2.45, 2.75) is 50.0 Å². The number of nitrogens with zero attached hydrogens (tertiary/aromatic N) is 1. The van der Waals surface area contributed by atoms with Crippen LogP contribution in [0.25, 0.3) is 0 Å². The van der Waals surface area contributed by atoms with E-state index in [2.05, 4.69) is 4.90 Å². The van der Waals surface area contributed by atoms with Crippen molar-refractivity contribution < 1.29 is 18.9 Å². The summed E-state index contributed by atoms with van der Waals surface area (Å²) in [6.45, 7) is 1.75. The van der Waals surface area contributed by atoms with E-state index in [1.807, 2.05) is 13.2 Å². The average Bonchev–Trinajstić information content (AvgIpc) is 2.99. The Kier molecular flexibility index (Phi) is 5.78. The molecule has 1 aliphatic carbocycles. The summed E-state index contributed by atoms with van der Waals surface area (Å²) in [5.74, 6) is 1.42. The lowest BCUT2D eigenvalue weighted by Crippen LogP contribution is -2.51. The van der Waals surface area contributed by atoms with Gasteiger partial charge in [0.15, 0.2) is 11.5 Å². The molecule has 2 aliphatic rings. The van der Waals surface area contributed by atoms with Gasteiger partial charge in [0.25, 0.3) is 0 Å². The van der Waals surface area contributed by atoms with Crippen molar-refractivity contribution in [3.05, 3.63) is 22.7 Å². The highest BCUT2D eigenvalue weighted by Gasteiger charge is 2.51. The SMILES string of the molecule is COc1cc(Cl)cc(CN2CC[C@]3(OC)CC[C@H](OC)C[C@H]23)c1OC. The highest BCUT2D eigenvalue weighted by Crippen LogP contribution is 2.44. The molecule has 3 atom stereocenters. The standard InChI is InChI=1S/C19H28ClNO4/c1-22-15-5-6-19(25-4)7-8-21(17(19)11-15)12-13-9-14(20)10-16(23-2)18(13)24-3/h9-10,15,17H,5-8,11-12H2,1-4H3/t15-,17-,19+/m0/s1. The molecule has 1 aliphatic heterocycles. The second-order valence-corrected chi connectivity index (χ2v) is 7.37. The summed E-state index contributed by atoms with van der Waals surface area (Å²) in [7, 11) is 6.94. The number of fused-ring (bicyclic) bond motifs is 1. The van der Waals surface area contributed by atoms with Crippen LogP contribution in [0.1, 0.15) is 31.2 Å². The molecule has 5 nitrogen and oxygen atoms in total. The molecule has 1 saturated heterocycles. The fourth-order valence-electron chi connectivity index (χ4n) is 4.50. The number of methoxy groups -OCH3 is 4. The van der Waals surface area contributed by atoms with Crippen LogP contribution in [0, 0.1) is 0 Å². The zero-order valence-electron chi connectivity index (χ0n) is 15.5. The molecule has 0 bridgehead atoms. The molecule has 0 amide bonds. The van der Waals surface area contributed by atoms with E-state index in [4.69, 9.17) is 30.5 Å². The van der Waals surface area contributed by atoms with E-state index in [0.29, 0.717) is 22.9 Å². The fraction of sp³-hybridized carbons (Fsp3) is 0.684. The Morgan fingerprint density at radius 3 is 2.60 bits per heavy atom. The van der Waals surface area contributed by atoms with Crippen molar-refractivity contribution >= 4 is 11.6 Å². The number of likely N-dealkylation sites (tertiary alicyclic amines) is 1. The van der Waals surface area contributed by atoms with Gasteiger partial charge in [0.2, 0.25) is 0 Å². The third-order valence-corrected chi connectivity index (χ3v) is 6.10. The molecule has 1 heterocycles. The Bertz CT molecular complexity index is 611. The molecule has 0 unspecified atom stereocenters. The number of halogens is 1. The molecule has 0 radical (unpaired) electrons. The first-order valence-electron chi connectivity index (χ1n) is 8.79. The quantitative estimate of drug-likeness (QED) is 0.767. The minimum Gasteiger partial charge on any atom is -0.493 e. The predicted octanol–water partition coefficient (Wildman–Crippen LogP) is 3.52. The normalized spacial score (nSPS) is 29.5. The van der Waals surface area contributed by atoms with E-state index < -0.39 is 0 Å². The second kappa shape index (κ2) is 7.70. The molecule has 1 saturated carbocycles. The number of benzene rings is 1. The molecule has 6 heteroatoms. The molecule has 0 aromatic heterocycles. The van der Waals surface area contributed by atoms with Crippen LogP contribution in [0.3, 0.4) is 0 Å². The van der Waals surface area contributed by atoms with E-state index in [-0.39, 0.29) is 5.60 Å². The molecule has 25 heavy (non-hydrogen) atoms. The predicted molar refractivity (Wildman–Crippen MR) is 97.8 cm³/mol. The van der Waals surface area contributed by atoms with Crippen molar-refractivity contribution in [2.24, 2.45) is 0 Å². The fourth-order valence-corrected chi connectivity index (χ4v) is 4.73. The average molecular weight is 370 g/mol. The zero-order valence-corrected chi connectivity index (χ0v) is 16.3. The maximum absolute atomic E-state index is 6.28. The molecule has 0 N–H and O–H groups in total. The number of ether oxygens (including phenoxy) is 4. The van der Waals surface area contributed by atoms with Gasteiger partial charge in [-0.2, -0.15) is 0 Å². The third kappa shape index (κ3) is 3.47. The Balaban J connectivity index is 1.87. The highest BCUT2D eigenvalue weighted by molar-refractivity contribution is 6.30. The molecule has 2 fully saturated rings. The zero-order chi connectivity index (χ0) is 18.0. The second-order valence-electron chi connectivity index (χ2n) is 6.94. The van der Waals surface area contributed by atoms with Crippen molar-refractivity contribution in [1.82, 2.24) is 4.90 Å². The number of rotatable bonds is 6. The van der Waals surface area contributed by atoms with Gasteiger partial charge in [-0.1, -0.05) is 11.6 Å². The van der Waals surface area contributed by atoms with Crippen LogP contribution in [0.2, 0.25) is 5.02 Å². The molecule has 1 aromatic rings. The maximum Gasteiger partial charge on any atom is 0.165 e. The lowest BCUT2D eigenvalue weighted by molar-refractivity contribution is -0.0947. The first-order valence-corrected chi connectivity index (χ1v) is 9.17. The largest absolute Gasteiger partial charge is 0.493 e. The van der Waals surface area contributed by atoms with Gasteiger partial charge in [-0.15, -0.1) is 0 Å². The van der Waals surface area contributed by atoms with Gasteiger partial charge in [-0.25, -0.2) is 0 Å². The van der Waals surface area contributed by atoms with Crippen LogP contribution in [-0.4, -0.2) is 57.6 Å². The smallest absolute Gasteiger partial charge is 0.165 e. The van der Waals surface area contributed by atoms with Crippen LogP contribution in [0.5, 0.6) is 11.5 Å². The van der Waals surface area contributed by atoms with Gasteiger partial charge in [-0.05, 0) is 31.7 Å². The van der Waals surface area contributed by atoms with Crippen LogP contribution >= 0.6 is 11.6 Å². The minimum absolute atomic E-state index is 0.0646. The summed E-state index contributed by atoms with van der Waals surface area (Å²) < 4.78 is 22.7. The van der Waals surface area contributed by atoms with E-state index in [9.17, 15) is 0 Å². The van der Waals surface area contributed by atoms with Crippen molar-refractivity contribution in [2.75, 3.05) is 35.0 Å². The maximum atomic E-state index is 6.28. The lowest BCUT2D eigenvalue weighted by Gasteiger charge is -2.43. The van der Waals surface area contributed by atoms with Gasteiger partial charge in [0.1, 0.15) is 0 Å². The van der Waals surface area contributed by atoms with Crippen LogP contribution in [-0.2, 0) is 16.0 Å². The molecule has 140 valence electrons. The first-order chi connectivity index (χ1) is 12.1. The highest BCUT2D eigenvalue weighted by atomic mass is 35.5. The molecule has 0 spiro atoms. The van der Waals surface area contributed by atoms with Gasteiger partial charge in [-0.3, -0.25) is 4.90 Å². The Morgan fingerprint density at radius 2 is 1.96 bits per heavy atom. The summed E-state index contributed by atoms with van der Waals surface area (Å²) in [4.78, 5) is 2.47. The van der Waals surface area contributed by atoms with Gasteiger partial charge in [0.05, 0.1) is 25.9 Å². The van der Waals surface area contributed by atoms with E-state index in [1.54, 1.807) is 27.4 Å². The van der Waals surface area contributed by atoms with E-state index >= 15 is 0 Å². The summed E-state index contributed by atoms with van der Waals surface area (Å²) >= 11 is 6.28. The summed E-state index contributed by atoms with van der Waals surface area (Å²) in [6, 6.07) is 4.09. The first kappa shape index (κ1) is 18.8. The van der Waals surface area contributed by atoms with E-state index in [1.165, 1.54) is 0 Å². The summed E-state index contributed by atoms with van der Waals surface area (Å²) in [5.41, 5.74) is 0.976. The third-order valence-electron chi connectivity index (χ3n) is 5.88. The Hall–Kier alpha value is -1.01. The van der Waals surface area contributed by atoms with E-state index in [0.717, 1.165) is 50.1 Å². The Labute approximate surface area is 155 Å².